The van der Waals surface area contributed by atoms with Crippen LogP contribution in [-0.4, -0.2) is 16.3 Å². The Labute approximate surface area is 124 Å². The van der Waals surface area contributed by atoms with Crippen molar-refractivity contribution in [3.63, 3.8) is 0 Å². The summed E-state index contributed by atoms with van der Waals surface area (Å²) in [5.74, 6) is -0.264. The summed E-state index contributed by atoms with van der Waals surface area (Å²) < 4.78 is 42.0. The number of halogens is 3. The van der Waals surface area contributed by atoms with Gasteiger partial charge in [0.2, 0.25) is 0 Å². The molecule has 1 aromatic carbocycles. The second-order valence-electron chi connectivity index (χ2n) is 4.70. The lowest BCUT2D eigenvalue weighted by Crippen LogP contribution is -2.17. The van der Waals surface area contributed by atoms with E-state index >= 15 is 0 Å². The average molecular weight is 314 g/mol. The van der Waals surface area contributed by atoms with Crippen molar-refractivity contribution in [1.29, 1.82) is 0 Å². The number of aromatic nitrogens is 2. The van der Waals surface area contributed by atoms with Gasteiger partial charge >= 0.3 is 6.36 Å². The summed E-state index contributed by atoms with van der Waals surface area (Å²) in [6.07, 6.45) is -3.38. The fourth-order valence-electron chi connectivity index (χ4n) is 2.05. The number of alkyl halides is 3. The van der Waals surface area contributed by atoms with E-state index in [-0.39, 0.29) is 11.7 Å². The van der Waals surface area contributed by atoms with E-state index in [4.69, 9.17) is 12.2 Å². The number of benzene rings is 1. The van der Waals surface area contributed by atoms with E-state index < -0.39 is 6.36 Å². The molecule has 0 aliphatic carbocycles. The first-order valence-corrected chi connectivity index (χ1v) is 6.63. The molecular weight excluding hydrogens is 301 g/mol. The van der Waals surface area contributed by atoms with Gasteiger partial charge in [-0.1, -0.05) is 38.2 Å². The van der Waals surface area contributed by atoms with Gasteiger partial charge in [0.15, 0.2) is 0 Å². The van der Waals surface area contributed by atoms with Crippen LogP contribution in [0, 0.1) is 4.64 Å². The molecule has 1 N–H and O–H groups in total. The number of H-pyrrole nitrogens is 1. The first kappa shape index (κ1) is 15.5. The number of para-hydroxylation sites is 1. The summed E-state index contributed by atoms with van der Waals surface area (Å²) in [6.45, 7) is 3.80. The third-order valence-electron chi connectivity index (χ3n) is 2.85. The maximum Gasteiger partial charge on any atom is 0.573 e. The van der Waals surface area contributed by atoms with Crippen LogP contribution < -0.4 is 4.74 Å². The van der Waals surface area contributed by atoms with Crippen LogP contribution in [-0.2, 0) is 0 Å². The number of aromatic amines is 1. The average Bonchev–Trinajstić information content (AvgIpc) is 2.36. The number of rotatable bonds is 3. The van der Waals surface area contributed by atoms with Crippen molar-refractivity contribution in [2.75, 3.05) is 0 Å². The third kappa shape index (κ3) is 3.60. The van der Waals surface area contributed by atoms with Crippen molar-refractivity contribution < 1.29 is 17.9 Å². The van der Waals surface area contributed by atoms with Gasteiger partial charge in [-0.2, -0.15) is 0 Å². The summed E-state index contributed by atoms with van der Waals surface area (Å²) >= 11 is 5.17. The van der Waals surface area contributed by atoms with Crippen LogP contribution in [0.5, 0.6) is 5.75 Å². The molecule has 7 heteroatoms. The Morgan fingerprint density at radius 3 is 2.52 bits per heavy atom. The van der Waals surface area contributed by atoms with E-state index in [1.54, 1.807) is 12.1 Å². The van der Waals surface area contributed by atoms with Gasteiger partial charge in [-0.25, -0.2) is 4.98 Å². The van der Waals surface area contributed by atoms with Crippen LogP contribution in [0.4, 0.5) is 13.2 Å². The quantitative estimate of drug-likeness (QED) is 0.825. The van der Waals surface area contributed by atoms with Gasteiger partial charge in [0.25, 0.3) is 0 Å². The first-order chi connectivity index (χ1) is 9.79. The zero-order valence-electron chi connectivity index (χ0n) is 11.4. The molecule has 0 fully saturated rings. The number of hydrogen-bond acceptors (Lipinski definition) is 3. The highest BCUT2D eigenvalue weighted by Gasteiger charge is 2.32. The molecule has 0 bridgehead atoms. The monoisotopic (exact) mass is 314 g/mol. The molecule has 2 aromatic rings. The van der Waals surface area contributed by atoms with Crippen LogP contribution in [0.2, 0.25) is 0 Å². The second kappa shape index (κ2) is 5.85. The lowest BCUT2D eigenvalue weighted by Gasteiger charge is -2.16. The predicted octanol–water partition coefficient (Wildman–Crippen LogP) is 4.83. The molecule has 0 atom stereocenters. The van der Waals surface area contributed by atoms with Gasteiger partial charge in [0.05, 0.1) is 12.0 Å². The summed E-state index contributed by atoms with van der Waals surface area (Å²) in [5, 5.41) is 0. The molecule has 1 heterocycles. The SMILES string of the molecule is CC(C)c1c(-c2ccccc2OC(F)(F)F)[nH]cnc1=S. The van der Waals surface area contributed by atoms with Crippen molar-refractivity contribution >= 4 is 12.2 Å². The van der Waals surface area contributed by atoms with Crippen LogP contribution >= 0.6 is 12.2 Å². The minimum Gasteiger partial charge on any atom is -0.405 e. The smallest absolute Gasteiger partial charge is 0.405 e. The lowest BCUT2D eigenvalue weighted by atomic mass is 9.98. The zero-order chi connectivity index (χ0) is 15.6. The molecule has 0 spiro atoms. The van der Waals surface area contributed by atoms with Gasteiger partial charge in [0, 0.05) is 11.1 Å². The second-order valence-corrected chi connectivity index (χ2v) is 5.08. The standard InChI is InChI=1S/C14H13F3N2OS/c1-8(2)11-12(18-7-19-13(11)21)9-5-3-4-6-10(9)20-14(15,16)17/h3-8H,1-2H3,(H,18,19,21). The van der Waals surface area contributed by atoms with Crippen LogP contribution in [0.3, 0.4) is 0 Å². The molecule has 0 amide bonds. The molecule has 0 saturated carbocycles. The number of nitrogens with zero attached hydrogens (tertiary/aromatic N) is 1. The molecule has 0 aliphatic heterocycles. The van der Waals surface area contributed by atoms with Gasteiger partial charge in [0.1, 0.15) is 10.4 Å². The Balaban J connectivity index is 2.63. The van der Waals surface area contributed by atoms with E-state index in [0.29, 0.717) is 21.5 Å². The first-order valence-electron chi connectivity index (χ1n) is 6.22. The molecule has 2 rings (SSSR count). The summed E-state index contributed by atoms with van der Waals surface area (Å²) in [5.41, 5.74) is 1.47. The summed E-state index contributed by atoms with van der Waals surface area (Å²) in [6, 6.07) is 5.94. The maximum atomic E-state index is 12.5. The molecule has 3 nitrogen and oxygen atoms in total. The van der Waals surface area contributed by atoms with Gasteiger partial charge in [-0.15, -0.1) is 13.2 Å². The molecule has 1 aromatic heterocycles. The molecule has 0 radical (unpaired) electrons. The van der Waals surface area contributed by atoms with E-state index in [2.05, 4.69) is 14.7 Å². The highest BCUT2D eigenvalue weighted by molar-refractivity contribution is 7.71. The van der Waals surface area contributed by atoms with Crippen molar-refractivity contribution in [3.05, 3.63) is 40.8 Å². The maximum absolute atomic E-state index is 12.5. The fourth-order valence-corrected chi connectivity index (χ4v) is 2.45. The number of ether oxygens (including phenoxy) is 1. The zero-order valence-corrected chi connectivity index (χ0v) is 12.2. The molecule has 112 valence electrons. The van der Waals surface area contributed by atoms with Gasteiger partial charge in [-0.05, 0) is 18.1 Å². The van der Waals surface area contributed by atoms with E-state index in [0.717, 1.165) is 0 Å². The summed E-state index contributed by atoms with van der Waals surface area (Å²) in [4.78, 5) is 6.86. The Morgan fingerprint density at radius 2 is 1.90 bits per heavy atom. The van der Waals surface area contributed by atoms with E-state index in [1.165, 1.54) is 18.5 Å². The van der Waals surface area contributed by atoms with E-state index in [1.807, 2.05) is 13.8 Å². The highest BCUT2D eigenvalue weighted by Crippen LogP contribution is 2.36. The van der Waals surface area contributed by atoms with E-state index in [9.17, 15) is 13.2 Å². The fraction of sp³-hybridized carbons (Fsp3) is 0.286. The van der Waals surface area contributed by atoms with Crippen molar-refractivity contribution in [2.24, 2.45) is 0 Å². The molecule has 0 unspecified atom stereocenters. The topological polar surface area (TPSA) is 37.9 Å². The van der Waals surface area contributed by atoms with Crippen LogP contribution in [0.15, 0.2) is 30.6 Å². The Hall–Kier alpha value is -1.89. The predicted molar refractivity (Wildman–Crippen MR) is 75.6 cm³/mol. The van der Waals surface area contributed by atoms with Crippen LogP contribution in [0.1, 0.15) is 25.3 Å². The normalized spacial score (nSPS) is 11.7. The number of nitrogens with one attached hydrogen (secondary N) is 1. The number of hydrogen-bond donors (Lipinski definition) is 1. The Morgan fingerprint density at radius 1 is 1.24 bits per heavy atom. The molecular formula is C14H13F3N2OS. The minimum absolute atomic E-state index is 0.0105. The minimum atomic E-state index is -4.75. The van der Waals surface area contributed by atoms with Crippen molar-refractivity contribution in [1.82, 2.24) is 9.97 Å². The third-order valence-corrected chi connectivity index (χ3v) is 3.18. The van der Waals surface area contributed by atoms with Crippen molar-refractivity contribution in [2.45, 2.75) is 26.1 Å². The molecule has 0 saturated heterocycles. The molecule has 0 aliphatic rings. The largest absolute Gasteiger partial charge is 0.573 e. The lowest BCUT2D eigenvalue weighted by molar-refractivity contribution is -0.274. The van der Waals surface area contributed by atoms with Gasteiger partial charge < -0.3 is 9.72 Å². The Bertz CT molecular complexity index is 695. The summed E-state index contributed by atoms with van der Waals surface area (Å²) in [7, 11) is 0. The molecule has 21 heavy (non-hydrogen) atoms. The van der Waals surface area contributed by atoms with Crippen molar-refractivity contribution in [3.8, 4) is 17.0 Å². The van der Waals surface area contributed by atoms with Crippen LogP contribution in [0.25, 0.3) is 11.3 Å². The van der Waals surface area contributed by atoms with Gasteiger partial charge in [-0.3, -0.25) is 0 Å². The Kier molecular flexibility index (Phi) is 4.32. The highest BCUT2D eigenvalue weighted by atomic mass is 32.1.